The number of carbonyl (C=O) groups is 3. The fourth-order valence-corrected chi connectivity index (χ4v) is 4.49. The highest BCUT2D eigenvalue weighted by Crippen LogP contribution is 2.29. The fourth-order valence-electron chi connectivity index (χ4n) is 4.49. The molecule has 3 amide bonds. The van der Waals surface area contributed by atoms with Crippen LogP contribution in [0.25, 0.3) is 6.08 Å². The van der Waals surface area contributed by atoms with E-state index in [1.54, 1.807) is 0 Å². The van der Waals surface area contributed by atoms with Crippen molar-refractivity contribution in [2.45, 2.75) is 50.7 Å². The first-order valence-electron chi connectivity index (χ1n) is 10.5. The van der Waals surface area contributed by atoms with Gasteiger partial charge < -0.3 is 15.3 Å². The summed E-state index contributed by atoms with van der Waals surface area (Å²) in [5.74, 6) is -0.0380. The summed E-state index contributed by atoms with van der Waals surface area (Å²) in [7, 11) is 0. The van der Waals surface area contributed by atoms with Crippen molar-refractivity contribution in [2.75, 3.05) is 6.54 Å². The molecule has 4 rings (SSSR count). The van der Waals surface area contributed by atoms with Gasteiger partial charge >= 0.3 is 12.0 Å². The van der Waals surface area contributed by atoms with E-state index in [9.17, 15) is 14.4 Å². The molecule has 8 heteroatoms. The Morgan fingerprint density at radius 1 is 1.17 bits per heavy atom. The van der Waals surface area contributed by atoms with E-state index in [-0.39, 0.29) is 5.91 Å². The number of urea groups is 1. The lowest BCUT2D eigenvalue weighted by Crippen LogP contribution is -2.64. The van der Waals surface area contributed by atoms with Crippen molar-refractivity contribution in [2.24, 2.45) is 10.9 Å². The number of hydrogen-bond acceptors (Lipinski definition) is 5. The van der Waals surface area contributed by atoms with Gasteiger partial charge in [0, 0.05) is 18.2 Å². The second kappa shape index (κ2) is 8.69. The molecule has 0 bridgehead atoms. The Hall–Kier alpha value is -3.16. The highest BCUT2D eigenvalue weighted by Gasteiger charge is 2.45. The molecule has 2 atom stereocenters. The minimum atomic E-state index is -1.00. The molecule has 1 saturated heterocycles. The van der Waals surface area contributed by atoms with Crippen molar-refractivity contribution < 1.29 is 19.5 Å². The van der Waals surface area contributed by atoms with Crippen LogP contribution in [0.1, 0.15) is 49.7 Å². The monoisotopic (exact) mass is 410 g/mol. The van der Waals surface area contributed by atoms with Crippen LogP contribution in [-0.4, -0.2) is 52.5 Å². The van der Waals surface area contributed by atoms with Gasteiger partial charge in [-0.3, -0.25) is 15.1 Å². The number of nitrogens with zero attached hydrogens (tertiary/aromatic N) is 2. The Bertz CT molecular complexity index is 887. The van der Waals surface area contributed by atoms with Crippen LogP contribution in [0.15, 0.2) is 35.3 Å². The van der Waals surface area contributed by atoms with Crippen LogP contribution < -0.4 is 10.6 Å². The highest BCUT2D eigenvalue weighted by atomic mass is 16.4. The van der Waals surface area contributed by atoms with Crippen molar-refractivity contribution in [1.82, 2.24) is 15.5 Å². The second-order valence-corrected chi connectivity index (χ2v) is 8.08. The van der Waals surface area contributed by atoms with Gasteiger partial charge in [0.15, 0.2) is 6.04 Å². The normalized spacial score (nSPS) is 24.4. The Labute approximate surface area is 175 Å². The van der Waals surface area contributed by atoms with Crippen LogP contribution in [-0.2, 0) is 9.59 Å². The zero-order chi connectivity index (χ0) is 21.1. The summed E-state index contributed by atoms with van der Waals surface area (Å²) >= 11 is 0. The van der Waals surface area contributed by atoms with Crippen LogP contribution in [0.3, 0.4) is 0 Å². The van der Waals surface area contributed by atoms with Crippen LogP contribution in [0, 0.1) is 5.92 Å². The predicted octanol–water partition coefficient (Wildman–Crippen LogP) is 2.35. The summed E-state index contributed by atoms with van der Waals surface area (Å²) in [6, 6.07) is 6.20. The molecule has 0 aromatic heterocycles. The summed E-state index contributed by atoms with van der Waals surface area (Å²) < 4.78 is 0. The number of aliphatic imine (C=N–C) groups is 1. The van der Waals surface area contributed by atoms with E-state index in [0.29, 0.717) is 11.8 Å². The van der Waals surface area contributed by atoms with Gasteiger partial charge in [-0.25, -0.2) is 9.59 Å². The van der Waals surface area contributed by atoms with Gasteiger partial charge in [0.1, 0.15) is 12.0 Å². The molecule has 2 heterocycles. The molecule has 0 spiro atoms. The first kappa shape index (κ1) is 20.1. The molecule has 2 unspecified atom stereocenters. The molecule has 3 N–H and O–H groups in total. The SMILES string of the molecule is O=C(O)/C=C/c1ccc(C2=NC3C(=O)NC(=O)NC3N2CCC2CCCCC2)cc1. The molecule has 158 valence electrons. The topological polar surface area (TPSA) is 111 Å². The number of hydrogen-bond donors (Lipinski definition) is 3. The minimum absolute atomic E-state index is 0.387. The summed E-state index contributed by atoms with van der Waals surface area (Å²) in [6.45, 7) is 0.721. The third-order valence-corrected chi connectivity index (χ3v) is 6.04. The molecule has 1 saturated carbocycles. The van der Waals surface area contributed by atoms with Gasteiger partial charge in [-0.05, 0) is 24.0 Å². The Morgan fingerprint density at radius 3 is 2.60 bits per heavy atom. The summed E-state index contributed by atoms with van der Waals surface area (Å²) in [6.07, 6.45) is 9.43. The van der Waals surface area contributed by atoms with Crippen molar-refractivity contribution in [3.8, 4) is 0 Å². The smallest absolute Gasteiger partial charge is 0.328 e. The molecule has 1 aliphatic carbocycles. The summed E-state index contributed by atoms with van der Waals surface area (Å²) in [4.78, 5) is 41.7. The number of aliphatic carboxylic acids is 1. The largest absolute Gasteiger partial charge is 0.478 e. The maximum atomic E-state index is 12.3. The first-order valence-corrected chi connectivity index (χ1v) is 10.5. The van der Waals surface area contributed by atoms with Crippen LogP contribution >= 0.6 is 0 Å². The van der Waals surface area contributed by atoms with Crippen LogP contribution in [0.4, 0.5) is 4.79 Å². The zero-order valence-electron chi connectivity index (χ0n) is 16.7. The maximum absolute atomic E-state index is 12.3. The molecule has 30 heavy (non-hydrogen) atoms. The average Bonchev–Trinajstić information content (AvgIpc) is 3.10. The van der Waals surface area contributed by atoms with Gasteiger partial charge in [0.2, 0.25) is 0 Å². The van der Waals surface area contributed by atoms with Gasteiger partial charge in [-0.15, -0.1) is 0 Å². The highest BCUT2D eigenvalue weighted by molar-refractivity contribution is 6.07. The number of imide groups is 1. The van der Waals surface area contributed by atoms with Crippen molar-refractivity contribution in [3.63, 3.8) is 0 Å². The lowest BCUT2D eigenvalue weighted by molar-refractivity contribution is -0.131. The van der Waals surface area contributed by atoms with Gasteiger partial charge in [-0.2, -0.15) is 0 Å². The van der Waals surface area contributed by atoms with E-state index in [4.69, 9.17) is 5.11 Å². The Morgan fingerprint density at radius 2 is 1.90 bits per heavy atom. The molecule has 1 aromatic rings. The number of carboxylic acid groups (broad SMARTS) is 1. The Balaban J connectivity index is 1.56. The molecule has 1 aromatic carbocycles. The van der Waals surface area contributed by atoms with Gasteiger partial charge in [0.05, 0.1) is 0 Å². The quantitative estimate of drug-likeness (QED) is 0.624. The first-order chi connectivity index (χ1) is 14.5. The lowest BCUT2D eigenvalue weighted by atomic mass is 9.87. The standard InChI is InChI=1S/C22H26N4O4/c27-17(28)11-8-15-6-9-16(10-7-15)19-23-18-20(24-22(30)25-21(18)29)26(19)13-12-14-4-2-1-3-5-14/h6-11,14,18,20H,1-5,12-13H2,(H,27,28)(H2,24,25,29,30)/b11-8+. The van der Waals surface area contributed by atoms with Crippen molar-refractivity contribution >= 4 is 29.8 Å². The van der Waals surface area contributed by atoms with E-state index in [0.717, 1.165) is 30.2 Å². The molecule has 2 aliphatic heterocycles. The summed E-state index contributed by atoms with van der Waals surface area (Å²) in [5, 5.41) is 13.9. The maximum Gasteiger partial charge on any atom is 0.328 e. The van der Waals surface area contributed by atoms with Crippen molar-refractivity contribution in [3.05, 3.63) is 41.5 Å². The van der Waals surface area contributed by atoms with Gasteiger partial charge in [0.25, 0.3) is 5.91 Å². The lowest BCUT2D eigenvalue weighted by Gasteiger charge is -2.34. The number of amides is 3. The van der Waals surface area contributed by atoms with E-state index >= 15 is 0 Å². The molecular formula is C22H26N4O4. The van der Waals surface area contributed by atoms with E-state index in [1.165, 1.54) is 38.2 Å². The molecular weight excluding hydrogens is 384 g/mol. The molecule has 2 fully saturated rings. The Kier molecular flexibility index (Phi) is 5.83. The fraction of sp³-hybridized carbons (Fsp3) is 0.455. The number of rotatable bonds is 6. The van der Waals surface area contributed by atoms with E-state index in [1.807, 2.05) is 29.2 Å². The third kappa shape index (κ3) is 4.37. The minimum Gasteiger partial charge on any atom is -0.478 e. The molecule has 0 radical (unpaired) electrons. The van der Waals surface area contributed by atoms with E-state index in [2.05, 4.69) is 15.6 Å². The number of nitrogens with one attached hydrogen (secondary N) is 2. The predicted molar refractivity (Wildman–Crippen MR) is 112 cm³/mol. The number of amidine groups is 1. The summed E-state index contributed by atoms with van der Waals surface area (Å²) in [5.41, 5.74) is 1.60. The second-order valence-electron chi connectivity index (χ2n) is 8.08. The number of fused-ring (bicyclic) bond motifs is 1. The number of carboxylic acids is 1. The molecule has 8 nitrogen and oxygen atoms in total. The van der Waals surface area contributed by atoms with Gasteiger partial charge in [-0.1, -0.05) is 56.4 Å². The molecule has 3 aliphatic rings. The van der Waals surface area contributed by atoms with Crippen molar-refractivity contribution in [1.29, 1.82) is 0 Å². The average molecular weight is 410 g/mol. The van der Waals surface area contributed by atoms with E-state index < -0.39 is 24.2 Å². The number of carbonyl (C=O) groups excluding carboxylic acids is 2. The number of benzene rings is 1. The third-order valence-electron chi connectivity index (χ3n) is 6.04. The van der Waals surface area contributed by atoms with Crippen LogP contribution in [0.2, 0.25) is 0 Å². The van der Waals surface area contributed by atoms with Crippen LogP contribution in [0.5, 0.6) is 0 Å². The zero-order valence-corrected chi connectivity index (χ0v) is 16.7.